The molecule has 2 heterocycles. The summed E-state index contributed by atoms with van der Waals surface area (Å²) in [4.78, 5) is 24.9. The summed E-state index contributed by atoms with van der Waals surface area (Å²) in [6.07, 6.45) is 0. The Morgan fingerprint density at radius 3 is 1.91 bits per heavy atom. The van der Waals surface area contributed by atoms with Gasteiger partial charge in [-0.05, 0) is 98.9 Å². The van der Waals surface area contributed by atoms with Gasteiger partial charge in [0.05, 0.1) is 10.8 Å². The highest BCUT2D eigenvalue weighted by molar-refractivity contribution is 9.11. The van der Waals surface area contributed by atoms with Crippen molar-refractivity contribution in [2.45, 2.75) is 6.92 Å². The molecule has 0 atom stereocenters. The molecule has 6 aromatic rings. The maximum absolute atomic E-state index is 12.5. The lowest BCUT2D eigenvalue weighted by Gasteiger charge is -2.04. The number of aryl methyl sites for hydroxylation is 1. The normalized spacial score (nSPS) is 11.2. The van der Waals surface area contributed by atoms with Gasteiger partial charge in [-0.25, -0.2) is 0 Å². The standard InChI is InChI=1S/C14H8Br2OS.C13H6Br2OS/c1-7-2-3-9-11(4-7)18-12-6-8(15)5-10(16)13(12)14(9)17;14-7-4-5-8-11(6-7)17-10-3-1-2-9(15)12(10)13(8)16/h2-6H,1H3;1-6H. The Balaban J connectivity index is 0.000000145. The predicted octanol–water partition coefficient (Wildman–Crippen LogP) is 10.2. The number of benzene rings is 4. The van der Waals surface area contributed by atoms with Crippen molar-refractivity contribution in [2.24, 2.45) is 0 Å². The molecule has 0 aliphatic rings. The first kappa shape index (κ1) is 25.2. The van der Waals surface area contributed by atoms with Crippen LogP contribution in [0, 0.1) is 6.92 Å². The Hall–Kier alpha value is -1.42. The first-order chi connectivity index (χ1) is 16.7. The lowest BCUT2D eigenvalue weighted by atomic mass is 10.1. The Labute approximate surface area is 242 Å². The molecule has 0 saturated carbocycles. The van der Waals surface area contributed by atoms with Crippen LogP contribution >= 0.6 is 86.4 Å². The molecule has 0 saturated heterocycles. The molecular weight excluding hydrogens is 740 g/mol. The van der Waals surface area contributed by atoms with Crippen LogP contribution < -0.4 is 10.9 Å². The summed E-state index contributed by atoms with van der Waals surface area (Å²) in [5.41, 5.74) is 1.36. The second-order valence-electron chi connectivity index (χ2n) is 7.88. The number of hydrogen-bond acceptors (Lipinski definition) is 4. The van der Waals surface area contributed by atoms with E-state index in [-0.39, 0.29) is 10.9 Å². The molecule has 8 heteroatoms. The van der Waals surface area contributed by atoms with E-state index in [1.54, 1.807) is 22.7 Å². The van der Waals surface area contributed by atoms with Crippen LogP contribution in [0.5, 0.6) is 0 Å². The van der Waals surface area contributed by atoms with E-state index < -0.39 is 0 Å². The monoisotopic (exact) mass is 750 g/mol. The third kappa shape index (κ3) is 4.93. The first-order valence-corrected chi connectivity index (χ1v) is 15.2. The summed E-state index contributed by atoms with van der Waals surface area (Å²) < 4.78 is 7.73. The van der Waals surface area contributed by atoms with Crippen LogP contribution in [0.1, 0.15) is 5.56 Å². The minimum absolute atomic E-state index is 0.0914. The smallest absolute Gasteiger partial charge is 0.197 e. The minimum atomic E-state index is 0.0914. The molecule has 0 spiro atoms. The fourth-order valence-electron chi connectivity index (χ4n) is 3.84. The van der Waals surface area contributed by atoms with Crippen molar-refractivity contribution in [3.8, 4) is 0 Å². The van der Waals surface area contributed by atoms with Crippen LogP contribution in [0.4, 0.5) is 0 Å². The topological polar surface area (TPSA) is 34.1 Å². The van der Waals surface area contributed by atoms with E-state index in [0.29, 0.717) is 0 Å². The van der Waals surface area contributed by atoms with E-state index in [4.69, 9.17) is 0 Å². The molecule has 0 fully saturated rings. The lowest BCUT2D eigenvalue weighted by molar-refractivity contribution is 1.51. The molecule has 0 aliphatic carbocycles. The third-order valence-corrected chi connectivity index (χ3v) is 9.91. The average molecular weight is 754 g/mol. The van der Waals surface area contributed by atoms with Crippen molar-refractivity contribution in [2.75, 3.05) is 0 Å². The molecule has 0 amide bonds. The van der Waals surface area contributed by atoms with E-state index >= 15 is 0 Å². The second kappa shape index (κ2) is 10.1. The lowest BCUT2D eigenvalue weighted by Crippen LogP contribution is -2.01. The fraction of sp³-hybridized carbons (Fsp3) is 0.0370. The van der Waals surface area contributed by atoms with E-state index in [9.17, 15) is 9.59 Å². The number of halogens is 4. The van der Waals surface area contributed by atoms with E-state index in [1.165, 1.54) is 5.56 Å². The maximum atomic E-state index is 12.5. The van der Waals surface area contributed by atoms with Crippen molar-refractivity contribution < 1.29 is 0 Å². The molecule has 4 aromatic carbocycles. The van der Waals surface area contributed by atoms with Crippen molar-refractivity contribution in [3.63, 3.8) is 0 Å². The fourth-order valence-corrected chi connectivity index (χ4v) is 9.10. The Kier molecular flexibility index (Phi) is 7.32. The van der Waals surface area contributed by atoms with Crippen LogP contribution in [-0.4, -0.2) is 0 Å². The van der Waals surface area contributed by atoms with Crippen LogP contribution in [0.25, 0.3) is 40.3 Å². The highest BCUT2D eigenvalue weighted by Crippen LogP contribution is 2.33. The largest absolute Gasteiger partial charge is 0.288 e. The molecule has 0 bridgehead atoms. The molecule has 0 N–H and O–H groups in total. The van der Waals surface area contributed by atoms with Gasteiger partial charge in [-0.1, -0.05) is 44.0 Å². The Morgan fingerprint density at radius 2 is 1.17 bits per heavy atom. The summed E-state index contributed by atoms with van der Waals surface area (Å²) in [6, 6.07) is 21.5. The highest BCUT2D eigenvalue weighted by Gasteiger charge is 2.10. The van der Waals surface area contributed by atoms with Gasteiger partial charge in [-0.15, -0.1) is 22.7 Å². The average Bonchev–Trinajstić information content (AvgIpc) is 2.78. The zero-order chi connectivity index (χ0) is 24.9. The van der Waals surface area contributed by atoms with Gasteiger partial charge >= 0.3 is 0 Å². The van der Waals surface area contributed by atoms with Crippen LogP contribution in [0.3, 0.4) is 0 Å². The molecule has 2 nitrogen and oxygen atoms in total. The molecule has 0 radical (unpaired) electrons. The molecule has 174 valence electrons. The number of rotatable bonds is 0. The summed E-state index contributed by atoms with van der Waals surface area (Å²) in [6.45, 7) is 2.04. The summed E-state index contributed by atoms with van der Waals surface area (Å²) in [5, 5.41) is 3.10. The number of fused-ring (bicyclic) bond motifs is 4. The van der Waals surface area contributed by atoms with E-state index in [2.05, 4.69) is 69.8 Å². The van der Waals surface area contributed by atoms with Gasteiger partial charge in [0, 0.05) is 47.5 Å². The molecule has 0 aliphatic heterocycles. The highest BCUT2D eigenvalue weighted by atomic mass is 79.9. The molecule has 0 unspecified atom stereocenters. The van der Waals surface area contributed by atoms with E-state index in [0.717, 1.165) is 58.2 Å². The van der Waals surface area contributed by atoms with Gasteiger partial charge in [0.25, 0.3) is 0 Å². The van der Waals surface area contributed by atoms with Gasteiger partial charge in [0.2, 0.25) is 0 Å². The Morgan fingerprint density at radius 1 is 0.571 bits per heavy atom. The molecule has 6 rings (SSSR count). The predicted molar refractivity (Wildman–Crippen MR) is 167 cm³/mol. The molecule has 35 heavy (non-hydrogen) atoms. The summed E-state index contributed by atoms with van der Waals surface area (Å²) >= 11 is 17.1. The SMILES string of the molecule is Cc1ccc2c(=O)c3c(Br)cc(Br)cc3sc2c1.O=c1c2ccc(Br)cc2sc2cccc(Br)c12. The number of hydrogen-bond donors (Lipinski definition) is 0. The summed E-state index contributed by atoms with van der Waals surface area (Å²) in [5.74, 6) is 0. The zero-order valence-corrected chi connectivity index (χ0v) is 26.0. The third-order valence-electron chi connectivity index (χ3n) is 5.46. The zero-order valence-electron chi connectivity index (χ0n) is 18.0. The van der Waals surface area contributed by atoms with Crippen LogP contribution in [0.15, 0.2) is 94.2 Å². The van der Waals surface area contributed by atoms with Gasteiger partial charge in [0.15, 0.2) is 10.9 Å². The Bertz CT molecular complexity index is 1910. The molecular formula is C27H14Br4O2S2. The van der Waals surface area contributed by atoms with Crippen LogP contribution in [-0.2, 0) is 0 Å². The maximum Gasteiger partial charge on any atom is 0.197 e. The van der Waals surface area contributed by atoms with Crippen molar-refractivity contribution >= 4 is 127 Å². The second-order valence-corrected chi connectivity index (χ2v) is 13.6. The van der Waals surface area contributed by atoms with Gasteiger partial charge < -0.3 is 0 Å². The van der Waals surface area contributed by atoms with Gasteiger partial charge in [-0.2, -0.15) is 0 Å². The first-order valence-electron chi connectivity index (χ1n) is 10.4. The summed E-state index contributed by atoms with van der Waals surface area (Å²) in [7, 11) is 0. The van der Waals surface area contributed by atoms with E-state index in [1.807, 2.05) is 67.6 Å². The van der Waals surface area contributed by atoms with Crippen LogP contribution in [0.2, 0.25) is 0 Å². The molecule has 2 aromatic heterocycles. The van der Waals surface area contributed by atoms with Gasteiger partial charge in [0.1, 0.15) is 0 Å². The van der Waals surface area contributed by atoms with Crippen molar-refractivity contribution in [1.29, 1.82) is 0 Å². The quantitative estimate of drug-likeness (QED) is 0.145. The van der Waals surface area contributed by atoms with Crippen molar-refractivity contribution in [1.82, 2.24) is 0 Å². The van der Waals surface area contributed by atoms with Gasteiger partial charge in [-0.3, -0.25) is 9.59 Å². The van der Waals surface area contributed by atoms with Crippen molar-refractivity contribution in [3.05, 3.63) is 111 Å². The minimum Gasteiger partial charge on any atom is -0.288 e.